The van der Waals surface area contributed by atoms with Crippen molar-refractivity contribution >= 4 is 5.97 Å². The Kier molecular flexibility index (Phi) is 5.26. The second-order valence-corrected chi connectivity index (χ2v) is 6.94. The van der Waals surface area contributed by atoms with Crippen LogP contribution < -0.4 is 10.1 Å². The predicted molar refractivity (Wildman–Crippen MR) is 90.2 cm³/mol. The lowest BCUT2D eigenvalue weighted by Crippen LogP contribution is -2.54. The van der Waals surface area contributed by atoms with Crippen molar-refractivity contribution in [1.82, 2.24) is 10.2 Å². The van der Waals surface area contributed by atoms with E-state index < -0.39 is 5.97 Å². The number of methoxy groups -OCH3 is 1. The number of carboxylic acid groups (broad SMARTS) is 1. The van der Waals surface area contributed by atoms with E-state index in [2.05, 4.69) is 10.2 Å². The number of phenols is 1. The number of nitrogens with zero attached hydrogens (tertiary/aromatic N) is 1. The molecule has 0 aromatic heterocycles. The van der Waals surface area contributed by atoms with Gasteiger partial charge in [-0.1, -0.05) is 12.1 Å². The predicted octanol–water partition coefficient (Wildman–Crippen LogP) is 1.82. The summed E-state index contributed by atoms with van der Waals surface area (Å²) >= 11 is 0. The van der Waals surface area contributed by atoms with E-state index in [4.69, 9.17) is 9.84 Å². The summed E-state index contributed by atoms with van der Waals surface area (Å²) in [6, 6.07) is 6.11. The SMILES string of the molecule is COc1c(O)cccc1CNC1CC(N(CC(=O)O)CC2CC2)C1. The number of carboxylic acids is 1. The Morgan fingerprint density at radius 3 is 2.75 bits per heavy atom. The molecule has 0 unspecified atom stereocenters. The molecular formula is C18H26N2O4. The first-order valence-corrected chi connectivity index (χ1v) is 8.61. The minimum absolute atomic E-state index is 0.147. The number of carbonyl (C=O) groups is 1. The molecule has 24 heavy (non-hydrogen) atoms. The van der Waals surface area contributed by atoms with Crippen LogP contribution in [0.3, 0.4) is 0 Å². The molecule has 3 rings (SSSR count). The number of hydrogen-bond donors (Lipinski definition) is 3. The molecular weight excluding hydrogens is 308 g/mol. The second kappa shape index (κ2) is 7.40. The maximum atomic E-state index is 11.1. The van der Waals surface area contributed by atoms with Crippen LogP contribution >= 0.6 is 0 Å². The van der Waals surface area contributed by atoms with Crippen molar-refractivity contribution < 1.29 is 19.7 Å². The topological polar surface area (TPSA) is 82.0 Å². The third-order valence-corrected chi connectivity index (χ3v) is 5.02. The average Bonchev–Trinajstić information content (AvgIpc) is 3.29. The lowest BCUT2D eigenvalue weighted by molar-refractivity contribution is -0.139. The van der Waals surface area contributed by atoms with E-state index in [1.54, 1.807) is 13.2 Å². The Bertz CT molecular complexity index is 582. The number of hydrogen-bond acceptors (Lipinski definition) is 5. The summed E-state index contributed by atoms with van der Waals surface area (Å²) in [4.78, 5) is 13.2. The van der Waals surface area contributed by atoms with Crippen LogP contribution in [-0.2, 0) is 11.3 Å². The van der Waals surface area contributed by atoms with E-state index in [0.717, 1.165) is 24.9 Å². The largest absolute Gasteiger partial charge is 0.504 e. The number of aromatic hydroxyl groups is 1. The number of para-hydroxylation sites is 1. The highest BCUT2D eigenvalue weighted by Gasteiger charge is 2.36. The van der Waals surface area contributed by atoms with Crippen molar-refractivity contribution in [1.29, 1.82) is 0 Å². The molecule has 0 saturated heterocycles. The quantitative estimate of drug-likeness (QED) is 0.639. The number of aliphatic carboxylic acids is 1. The van der Waals surface area contributed by atoms with Gasteiger partial charge in [0.15, 0.2) is 11.5 Å². The van der Waals surface area contributed by atoms with E-state index in [-0.39, 0.29) is 12.3 Å². The molecule has 0 atom stereocenters. The molecule has 1 aromatic rings. The van der Waals surface area contributed by atoms with Crippen LogP contribution in [0.4, 0.5) is 0 Å². The number of nitrogens with one attached hydrogen (secondary N) is 1. The van der Waals surface area contributed by atoms with Gasteiger partial charge in [-0.15, -0.1) is 0 Å². The van der Waals surface area contributed by atoms with Gasteiger partial charge in [-0.3, -0.25) is 9.69 Å². The number of ether oxygens (including phenoxy) is 1. The molecule has 3 N–H and O–H groups in total. The molecule has 0 amide bonds. The molecule has 6 heteroatoms. The minimum Gasteiger partial charge on any atom is -0.504 e. The van der Waals surface area contributed by atoms with Gasteiger partial charge in [-0.25, -0.2) is 0 Å². The van der Waals surface area contributed by atoms with Gasteiger partial charge < -0.3 is 20.3 Å². The van der Waals surface area contributed by atoms with E-state index in [0.29, 0.717) is 30.3 Å². The van der Waals surface area contributed by atoms with E-state index in [9.17, 15) is 9.90 Å². The highest BCUT2D eigenvalue weighted by atomic mass is 16.5. The molecule has 6 nitrogen and oxygen atoms in total. The molecule has 2 saturated carbocycles. The number of phenolic OH excluding ortho intramolecular Hbond substituents is 1. The molecule has 2 aliphatic carbocycles. The molecule has 132 valence electrons. The zero-order chi connectivity index (χ0) is 17.1. The van der Waals surface area contributed by atoms with Crippen molar-refractivity contribution in [3.8, 4) is 11.5 Å². The van der Waals surface area contributed by atoms with Crippen molar-refractivity contribution in [2.24, 2.45) is 5.92 Å². The van der Waals surface area contributed by atoms with Crippen LogP contribution in [0.1, 0.15) is 31.2 Å². The van der Waals surface area contributed by atoms with E-state index in [1.165, 1.54) is 12.8 Å². The lowest BCUT2D eigenvalue weighted by Gasteiger charge is -2.43. The summed E-state index contributed by atoms with van der Waals surface area (Å²) in [5.74, 6) is 0.631. The Hall–Kier alpha value is -1.79. The van der Waals surface area contributed by atoms with Crippen LogP contribution in [0.25, 0.3) is 0 Å². The van der Waals surface area contributed by atoms with Gasteiger partial charge in [0.05, 0.1) is 13.7 Å². The maximum absolute atomic E-state index is 11.1. The first kappa shape index (κ1) is 17.0. The molecule has 0 spiro atoms. The summed E-state index contributed by atoms with van der Waals surface area (Å²) in [5.41, 5.74) is 0.932. The van der Waals surface area contributed by atoms with Crippen LogP contribution in [0.2, 0.25) is 0 Å². The van der Waals surface area contributed by atoms with Crippen molar-refractivity contribution in [3.05, 3.63) is 23.8 Å². The molecule has 0 radical (unpaired) electrons. The van der Waals surface area contributed by atoms with E-state index in [1.807, 2.05) is 12.1 Å². The lowest BCUT2D eigenvalue weighted by atomic mass is 9.85. The van der Waals surface area contributed by atoms with Gasteiger partial charge in [0.2, 0.25) is 0 Å². The highest BCUT2D eigenvalue weighted by molar-refractivity contribution is 5.69. The monoisotopic (exact) mass is 334 g/mol. The molecule has 2 fully saturated rings. The van der Waals surface area contributed by atoms with Gasteiger partial charge in [0.25, 0.3) is 0 Å². The zero-order valence-electron chi connectivity index (χ0n) is 14.1. The number of rotatable bonds is 9. The maximum Gasteiger partial charge on any atom is 0.317 e. The van der Waals surface area contributed by atoms with Gasteiger partial charge in [-0.2, -0.15) is 0 Å². The third kappa shape index (κ3) is 4.19. The van der Waals surface area contributed by atoms with Crippen LogP contribution in [0.5, 0.6) is 11.5 Å². The normalized spacial score (nSPS) is 23.1. The second-order valence-electron chi connectivity index (χ2n) is 6.94. The van der Waals surface area contributed by atoms with Crippen LogP contribution in [-0.4, -0.2) is 53.4 Å². The zero-order valence-corrected chi connectivity index (χ0v) is 14.1. The van der Waals surface area contributed by atoms with Gasteiger partial charge in [0, 0.05) is 30.7 Å². The van der Waals surface area contributed by atoms with E-state index >= 15 is 0 Å². The van der Waals surface area contributed by atoms with Gasteiger partial charge in [-0.05, 0) is 37.7 Å². The molecule has 0 heterocycles. The first-order chi connectivity index (χ1) is 11.6. The summed E-state index contributed by atoms with van der Waals surface area (Å²) in [7, 11) is 1.56. The Labute approximate surface area is 142 Å². The summed E-state index contributed by atoms with van der Waals surface area (Å²) in [6.45, 7) is 1.70. The van der Waals surface area contributed by atoms with Gasteiger partial charge in [0.1, 0.15) is 0 Å². The summed E-state index contributed by atoms with van der Waals surface area (Å²) < 4.78 is 5.25. The fourth-order valence-corrected chi connectivity index (χ4v) is 3.40. The van der Waals surface area contributed by atoms with Crippen molar-refractivity contribution in [2.75, 3.05) is 20.2 Å². The minimum atomic E-state index is -0.739. The van der Waals surface area contributed by atoms with Crippen LogP contribution in [0.15, 0.2) is 18.2 Å². The van der Waals surface area contributed by atoms with Gasteiger partial charge >= 0.3 is 5.97 Å². The standard InChI is InChI=1S/C18H26N2O4/c1-24-18-13(3-2-4-16(18)21)9-19-14-7-15(8-14)20(11-17(22)23)10-12-5-6-12/h2-4,12,14-15,19,21H,5-11H2,1H3,(H,22,23). The number of benzene rings is 1. The van der Waals surface area contributed by atoms with Crippen molar-refractivity contribution in [2.45, 2.75) is 44.3 Å². The Morgan fingerprint density at radius 2 is 2.12 bits per heavy atom. The molecule has 2 aliphatic rings. The fourth-order valence-electron chi connectivity index (χ4n) is 3.40. The molecule has 0 aliphatic heterocycles. The average molecular weight is 334 g/mol. The first-order valence-electron chi connectivity index (χ1n) is 8.61. The third-order valence-electron chi connectivity index (χ3n) is 5.02. The van der Waals surface area contributed by atoms with Crippen molar-refractivity contribution in [3.63, 3.8) is 0 Å². The fraction of sp³-hybridized carbons (Fsp3) is 0.611. The Morgan fingerprint density at radius 1 is 1.38 bits per heavy atom. The smallest absolute Gasteiger partial charge is 0.317 e. The Balaban J connectivity index is 1.47. The molecule has 1 aromatic carbocycles. The molecule has 0 bridgehead atoms. The van der Waals surface area contributed by atoms with Crippen LogP contribution in [0, 0.1) is 5.92 Å². The summed E-state index contributed by atoms with van der Waals surface area (Å²) in [6.07, 6.45) is 4.42. The highest BCUT2D eigenvalue weighted by Crippen LogP contribution is 2.34. The summed E-state index contributed by atoms with van der Waals surface area (Å²) in [5, 5.41) is 22.4.